The van der Waals surface area contributed by atoms with Crippen molar-refractivity contribution in [3.05, 3.63) is 36.2 Å². The third-order valence-electron chi connectivity index (χ3n) is 2.10. The molecule has 1 aromatic heterocycles. The molecule has 0 radical (unpaired) electrons. The monoisotopic (exact) mass is 210 g/mol. The van der Waals surface area contributed by atoms with Gasteiger partial charge in [-0.05, 0) is 6.07 Å². The van der Waals surface area contributed by atoms with E-state index in [4.69, 9.17) is 5.73 Å². The zero-order valence-corrected chi connectivity index (χ0v) is 8.29. The number of pyridine rings is 1. The molecule has 0 unspecified atom stereocenters. The van der Waals surface area contributed by atoms with Crippen LogP contribution in [0.4, 0.5) is 0 Å². The second kappa shape index (κ2) is 4.26. The fourth-order valence-corrected chi connectivity index (χ4v) is 1.36. The SMILES string of the molecule is Cl.NCc1ccc2cnccc2c1O. The van der Waals surface area contributed by atoms with Crippen molar-refractivity contribution >= 4 is 23.2 Å². The van der Waals surface area contributed by atoms with Gasteiger partial charge in [-0.15, -0.1) is 12.4 Å². The van der Waals surface area contributed by atoms with E-state index in [0.717, 1.165) is 16.3 Å². The van der Waals surface area contributed by atoms with Gasteiger partial charge in [-0.2, -0.15) is 0 Å². The van der Waals surface area contributed by atoms with Crippen molar-refractivity contribution in [3.8, 4) is 5.75 Å². The molecule has 3 nitrogen and oxygen atoms in total. The van der Waals surface area contributed by atoms with Crippen LogP contribution in [0.15, 0.2) is 30.6 Å². The van der Waals surface area contributed by atoms with Gasteiger partial charge in [0.05, 0.1) is 0 Å². The van der Waals surface area contributed by atoms with Crippen LogP contribution in [0.2, 0.25) is 0 Å². The Kier molecular flexibility index (Phi) is 3.28. The highest BCUT2D eigenvalue weighted by Gasteiger charge is 2.03. The molecule has 0 aliphatic rings. The fourth-order valence-electron chi connectivity index (χ4n) is 1.36. The Hall–Kier alpha value is -1.32. The first-order valence-electron chi connectivity index (χ1n) is 4.07. The van der Waals surface area contributed by atoms with Gasteiger partial charge >= 0.3 is 0 Å². The van der Waals surface area contributed by atoms with Gasteiger partial charge in [0.15, 0.2) is 0 Å². The van der Waals surface area contributed by atoms with E-state index in [9.17, 15) is 5.11 Å². The molecule has 2 aromatic rings. The number of fused-ring (bicyclic) bond motifs is 1. The van der Waals surface area contributed by atoms with Crippen molar-refractivity contribution in [1.29, 1.82) is 0 Å². The Labute approximate surface area is 88.0 Å². The minimum atomic E-state index is 0. The van der Waals surface area contributed by atoms with Crippen molar-refractivity contribution in [3.63, 3.8) is 0 Å². The highest BCUT2D eigenvalue weighted by atomic mass is 35.5. The molecule has 4 heteroatoms. The van der Waals surface area contributed by atoms with Crippen LogP contribution in [0.5, 0.6) is 5.75 Å². The minimum absolute atomic E-state index is 0. The highest BCUT2D eigenvalue weighted by Crippen LogP contribution is 2.27. The molecule has 0 atom stereocenters. The third kappa shape index (κ3) is 1.64. The van der Waals surface area contributed by atoms with Gasteiger partial charge in [0.25, 0.3) is 0 Å². The molecule has 0 saturated heterocycles. The predicted molar refractivity (Wildman–Crippen MR) is 58.5 cm³/mol. The number of nitrogens with two attached hydrogens (primary N) is 1. The lowest BCUT2D eigenvalue weighted by atomic mass is 10.1. The van der Waals surface area contributed by atoms with Gasteiger partial charge in [0.1, 0.15) is 5.75 Å². The summed E-state index contributed by atoms with van der Waals surface area (Å²) in [7, 11) is 0. The summed E-state index contributed by atoms with van der Waals surface area (Å²) >= 11 is 0. The molecule has 2 rings (SSSR count). The number of phenolic OH excluding ortho intramolecular Hbond substituents is 1. The second-order valence-corrected chi connectivity index (χ2v) is 2.87. The zero-order chi connectivity index (χ0) is 9.26. The third-order valence-corrected chi connectivity index (χ3v) is 2.10. The van der Waals surface area contributed by atoms with Crippen molar-refractivity contribution in [1.82, 2.24) is 4.98 Å². The van der Waals surface area contributed by atoms with Crippen LogP contribution in [0.25, 0.3) is 10.8 Å². The molecule has 1 heterocycles. The zero-order valence-electron chi connectivity index (χ0n) is 7.47. The van der Waals surface area contributed by atoms with E-state index in [1.807, 2.05) is 12.1 Å². The Bertz CT molecular complexity index is 445. The number of phenols is 1. The topological polar surface area (TPSA) is 59.1 Å². The van der Waals surface area contributed by atoms with Gasteiger partial charge in [-0.25, -0.2) is 0 Å². The van der Waals surface area contributed by atoms with E-state index in [0.29, 0.717) is 6.54 Å². The van der Waals surface area contributed by atoms with Gasteiger partial charge in [-0.1, -0.05) is 12.1 Å². The minimum Gasteiger partial charge on any atom is -0.507 e. The van der Waals surface area contributed by atoms with Crippen LogP contribution in [-0.2, 0) is 6.54 Å². The predicted octanol–water partition coefficient (Wildman–Crippen LogP) is 1.82. The average Bonchev–Trinajstić information content (AvgIpc) is 2.19. The summed E-state index contributed by atoms with van der Waals surface area (Å²) in [5, 5.41) is 11.5. The van der Waals surface area contributed by atoms with E-state index >= 15 is 0 Å². The van der Waals surface area contributed by atoms with Crippen LogP contribution < -0.4 is 5.73 Å². The molecular formula is C10H11ClN2O. The van der Waals surface area contributed by atoms with Gasteiger partial charge in [0, 0.05) is 35.3 Å². The summed E-state index contributed by atoms with van der Waals surface area (Å²) in [6.07, 6.45) is 3.37. The number of halogens is 1. The molecule has 3 N–H and O–H groups in total. The number of nitrogens with zero attached hydrogens (tertiary/aromatic N) is 1. The first kappa shape index (κ1) is 10.8. The lowest BCUT2D eigenvalue weighted by Gasteiger charge is -2.04. The van der Waals surface area contributed by atoms with E-state index in [1.54, 1.807) is 18.5 Å². The van der Waals surface area contributed by atoms with Crippen LogP contribution in [0, 0.1) is 0 Å². The summed E-state index contributed by atoms with van der Waals surface area (Å²) in [5.74, 6) is 0.266. The highest BCUT2D eigenvalue weighted by molar-refractivity contribution is 5.88. The Morgan fingerprint density at radius 2 is 2.07 bits per heavy atom. The molecule has 0 aliphatic heterocycles. The number of hydrogen-bond donors (Lipinski definition) is 2. The van der Waals surface area contributed by atoms with Crippen molar-refractivity contribution in [2.75, 3.05) is 0 Å². The molecular weight excluding hydrogens is 200 g/mol. The normalized spacial score (nSPS) is 9.79. The Balaban J connectivity index is 0.000000980. The van der Waals surface area contributed by atoms with Crippen LogP contribution in [0.3, 0.4) is 0 Å². The van der Waals surface area contributed by atoms with E-state index in [1.165, 1.54) is 0 Å². The Morgan fingerprint density at radius 1 is 1.29 bits per heavy atom. The standard InChI is InChI=1S/C10H10N2O.ClH/c11-5-7-1-2-8-6-12-4-3-9(8)10(7)13;/h1-4,6,13H,5,11H2;1H. The lowest BCUT2D eigenvalue weighted by molar-refractivity contribution is 0.475. The lowest BCUT2D eigenvalue weighted by Crippen LogP contribution is -1.96. The summed E-state index contributed by atoms with van der Waals surface area (Å²) in [6, 6.07) is 5.51. The number of benzene rings is 1. The largest absolute Gasteiger partial charge is 0.507 e. The summed E-state index contributed by atoms with van der Waals surface area (Å²) < 4.78 is 0. The van der Waals surface area contributed by atoms with Crippen molar-refractivity contribution in [2.45, 2.75) is 6.54 Å². The maximum absolute atomic E-state index is 9.74. The summed E-state index contributed by atoms with van der Waals surface area (Å²) in [6.45, 7) is 0.351. The smallest absolute Gasteiger partial charge is 0.127 e. The number of aromatic hydroxyl groups is 1. The van der Waals surface area contributed by atoms with Gasteiger partial charge < -0.3 is 10.8 Å². The maximum atomic E-state index is 9.74. The Morgan fingerprint density at radius 3 is 2.79 bits per heavy atom. The average molecular weight is 211 g/mol. The molecule has 74 valence electrons. The number of rotatable bonds is 1. The van der Waals surface area contributed by atoms with Gasteiger partial charge in [-0.3, -0.25) is 4.98 Å². The van der Waals surface area contributed by atoms with Crippen LogP contribution in [0.1, 0.15) is 5.56 Å². The molecule has 0 amide bonds. The molecule has 0 aliphatic carbocycles. The molecule has 0 saturated carbocycles. The molecule has 14 heavy (non-hydrogen) atoms. The molecule has 0 fully saturated rings. The van der Waals surface area contributed by atoms with Crippen molar-refractivity contribution < 1.29 is 5.11 Å². The van der Waals surface area contributed by atoms with Gasteiger partial charge in [0.2, 0.25) is 0 Å². The first-order valence-corrected chi connectivity index (χ1v) is 4.07. The van der Waals surface area contributed by atoms with E-state index < -0.39 is 0 Å². The number of aromatic nitrogens is 1. The molecule has 0 spiro atoms. The van der Waals surface area contributed by atoms with Crippen LogP contribution in [-0.4, -0.2) is 10.1 Å². The van der Waals surface area contributed by atoms with E-state index in [-0.39, 0.29) is 18.2 Å². The quantitative estimate of drug-likeness (QED) is 0.755. The summed E-state index contributed by atoms with van der Waals surface area (Å²) in [4.78, 5) is 3.97. The number of hydrogen-bond acceptors (Lipinski definition) is 3. The molecule has 0 bridgehead atoms. The van der Waals surface area contributed by atoms with Crippen LogP contribution >= 0.6 is 12.4 Å². The van der Waals surface area contributed by atoms with Crippen molar-refractivity contribution in [2.24, 2.45) is 5.73 Å². The van der Waals surface area contributed by atoms with E-state index in [2.05, 4.69) is 4.98 Å². The maximum Gasteiger partial charge on any atom is 0.127 e. The second-order valence-electron chi connectivity index (χ2n) is 2.87. The molecule has 1 aromatic carbocycles. The first-order chi connectivity index (χ1) is 6.33. The fraction of sp³-hybridized carbons (Fsp3) is 0.100. The summed E-state index contributed by atoms with van der Waals surface area (Å²) in [5.41, 5.74) is 6.23.